The van der Waals surface area contributed by atoms with Crippen LogP contribution in [0.25, 0.3) is 16.9 Å². The number of hydrogen-bond acceptors (Lipinski definition) is 6. The first kappa shape index (κ1) is 18.4. The summed E-state index contributed by atoms with van der Waals surface area (Å²) in [5.41, 5.74) is 8.70. The number of fused-ring (bicyclic) bond motifs is 1. The summed E-state index contributed by atoms with van der Waals surface area (Å²) in [7, 11) is 1.52. The molecule has 0 atom stereocenters. The Hall–Kier alpha value is -3.94. The van der Waals surface area contributed by atoms with Crippen LogP contribution in [0.3, 0.4) is 0 Å². The summed E-state index contributed by atoms with van der Waals surface area (Å²) in [5, 5.41) is 12.4. The number of carbonyl (C=O) groups excluding carboxylic acids is 1. The van der Waals surface area contributed by atoms with Crippen LogP contribution in [0.2, 0.25) is 0 Å². The van der Waals surface area contributed by atoms with E-state index in [1.54, 1.807) is 12.1 Å². The summed E-state index contributed by atoms with van der Waals surface area (Å²) in [4.78, 5) is 16.4. The van der Waals surface area contributed by atoms with Crippen molar-refractivity contribution in [3.05, 3.63) is 71.4 Å². The highest BCUT2D eigenvalue weighted by atomic mass is 16.5. The number of nitrogens with two attached hydrogens (primary N) is 1. The maximum absolute atomic E-state index is 11.8. The number of primary amides is 1. The lowest BCUT2D eigenvalue weighted by Crippen LogP contribution is -2.12. The van der Waals surface area contributed by atoms with Crippen molar-refractivity contribution in [2.24, 2.45) is 5.73 Å². The first-order chi connectivity index (χ1) is 14.1. The van der Waals surface area contributed by atoms with Crippen molar-refractivity contribution in [2.45, 2.75) is 13.5 Å². The Morgan fingerprint density at radius 1 is 1.14 bits per heavy atom. The summed E-state index contributed by atoms with van der Waals surface area (Å²) in [5.74, 6) is 0.674. The van der Waals surface area contributed by atoms with E-state index in [1.807, 2.05) is 54.0 Å². The van der Waals surface area contributed by atoms with E-state index in [0.717, 1.165) is 22.2 Å². The second-order valence-corrected chi connectivity index (χ2v) is 6.53. The zero-order valence-corrected chi connectivity index (χ0v) is 16.1. The van der Waals surface area contributed by atoms with Crippen molar-refractivity contribution >= 4 is 22.6 Å². The van der Waals surface area contributed by atoms with Gasteiger partial charge in [-0.3, -0.25) is 9.36 Å². The highest BCUT2D eigenvalue weighted by molar-refractivity contribution is 6.06. The molecule has 1 amide bonds. The summed E-state index contributed by atoms with van der Waals surface area (Å²) in [6.45, 7) is 2.47. The van der Waals surface area contributed by atoms with Gasteiger partial charge in [0.15, 0.2) is 5.82 Å². The first-order valence-electron chi connectivity index (χ1n) is 9.06. The van der Waals surface area contributed by atoms with Crippen LogP contribution >= 0.6 is 0 Å². The third-order valence-electron chi connectivity index (χ3n) is 4.64. The largest absolute Gasteiger partial charge is 0.477 e. The smallest absolute Gasteiger partial charge is 0.276 e. The Morgan fingerprint density at radius 2 is 1.93 bits per heavy atom. The van der Waals surface area contributed by atoms with E-state index < -0.39 is 5.91 Å². The second kappa shape index (κ2) is 7.59. The maximum Gasteiger partial charge on any atom is 0.276 e. The topological polar surface area (TPSA) is 108 Å². The van der Waals surface area contributed by atoms with Gasteiger partial charge in [-0.15, -0.1) is 10.2 Å². The van der Waals surface area contributed by atoms with Crippen LogP contribution in [-0.2, 0) is 6.54 Å². The van der Waals surface area contributed by atoms with Gasteiger partial charge in [-0.25, -0.2) is 0 Å². The van der Waals surface area contributed by atoms with Crippen molar-refractivity contribution in [3.63, 3.8) is 0 Å². The molecule has 29 heavy (non-hydrogen) atoms. The van der Waals surface area contributed by atoms with Crippen LogP contribution < -0.4 is 15.8 Å². The Balaban J connectivity index is 1.77. The minimum Gasteiger partial charge on any atom is -0.477 e. The fraction of sp³-hybridized carbons (Fsp3) is 0.143. The van der Waals surface area contributed by atoms with Crippen molar-refractivity contribution in [3.8, 4) is 11.8 Å². The molecule has 8 heteroatoms. The lowest BCUT2D eigenvalue weighted by atomic mass is 10.1. The molecule has 0 radical (unpaired) electrons. The van der Waals surface area contributed by atoms with Crippen LogP contribution in [0.15, 0.2) is 54.6 Å². The van der Waals surface area contributed by atoms with Crippen LogP contribution in [0.1, 0.15) is 21.6 Å². The Labute approximate surface area is 167 Å². The summed E-state index contributed by atoms with van der Waals surface area (Å²) < 4.78 is 7.14. The minimum absolute atomic E-state index is 0.302. The molecule has 0 bridgehead atoms. The third-order valence-corrected chi connectivity index (χ3v) is 4.64. The van der Waals surface area contributed by atoms with Gasteiger partial charge >= 0.3 is 0 Å². The number of benzene rings is 2. The molecule has 2 heterocycles. The van der Waals surface area contributed by atoms with Crippen LogP contribution in [-0.4, -0.2) is 32.8 Å². The monoisotopic (exact) mass is 388 g/mol. The van der Waals surface area contributed by atoms with Crippen molar-refractivity contribution in [1.82, 2.24) is 19.7 Å². The van der Waals surface area contributed by atoms with E-state index >= 15 is 0 Å². The number of amides is 1. The predicted octanol–water partition coefficient (Wildman–Crippen LogP) is 2.84. The molecule has 4 rings (SSSR count). The number of aromatic nitrogens is 4. The molecule has 0 aliphatic rings. The third kappa shape index (κ3) is 3.47. The molecule has 0 fully saturated rings. The molecule has 0 spiro atoms. The van der Waals surface area contributed by atoms with E-state index in [9.17, 15) is 4.79 Å². The predicted molar refractivity (Wildman–Crippen MR) is 110 cm³/mol. The summed E-state index contributed by atoms with van der Waals surface area (Å²) in [6.07, 6.45) is 0. The number of nitrogens with one attached hydrogen (secondary N) is 1. The molecule has 8 nitrogen and oxygen atoms in total. The van der Waals surface area contributed by atoms with Gasteiger partial charge in [-0.05, 0) is 30.7 Å². The van der Waals surface area contributed by atoms with Gasteiger partial charge in [-0.1, -0.05) is 36.4 Å². The normalized spacial score (nSPS) is 10.8. The molecule has 4 aromatic rings. The molecular formula is C21H20N6O2. The fourth-order valence-electron chi connectivity index (χ4n) is 3.28. The van der Waals surface area contributed by atoms with Gasteiger partial charge in [0.25, 0.3) is 11.8 Å². The zero-order valence-electron chi connectivity index (χ0n) is 16.1. The van der Waals surface area contributed by atoms with Crippen LogP contribution in [0.4, 0.5) is 5.82 Å². The summed E-state index contributed by atoms with van der Waals surface area (Å²) >= 11 is 0. The highest BCUT2D eigenvalue weighted by Crippen LogP contribution is 2.27. The molecule has 0 aliphatic heterocycles. The van der Waals surface area contributed by atoms with Gasteiger partial charge < -0.3 is 15.8 Å². The lowest BCUT2D eigenvalue weighted by molar-refractivity contribution is 0.100. The molecule has 2 aromatic carbocycles. The lowest BCUT2D eigenvalue weighted by Gasteiger charge is -2.12. The van der Waals surface area contributed by atoms with E-state index in [1.165, 1.54) is 7.11 Å². The number of methoxy groups -OCH3 is 1. The number of carbonyl (C=O) groups is 1. The first-order valence-corrected chi connectivity index (χ1v) is 9.06. The van der Waals surface area contributed by atoms with E-state index in [4.69, 9.17) is 10.5 Å². The number of hydrogen-bond donors (Lipinski definition) is 2. The second-order valence-electron chi connectivity index (χ2n) is 6.53. The molecule has 0 unspecified atom stereocenters. The molecule has 0 saturated heterocycles. The number of ether oxygens (including phenoxy) is 1. The maximum atomic E-state index is 11.8. The van der Waals surface area contributed by atoms with Gasteiger partial charge in [-0.2, -0.15) is 4.98 Å². The number of anilines is 1. The van der Waals surface area contributed by atoms with Crippen LogP contribution in [0, 0.1) is 6.92 Å². The van der Waals surface area contributed by atoms with Crippen molar-refractivity contribution < 1.29 is 9.53 Å². The fourth-order valence-corrected chi connectivity index (χ4v) is 3.28. The average Bonchev–Trinajstić information content (AvgIpc) is 3.08. The van der Waals surface area contributed by atoms with Gasteiger partial charge in [0, 0.05) is 23.2 Å². The Bertz CT molecular complexity index is 1190. The van der Waals surface area contributed by atoms with E-state index in [2.05, 4.69) is 20.5 Å². The van der Waals surface area contributed by atoms with Crippen LogP contribution in [0.5, 0.6) is 5.88 Å². The van der Waals surface area contributed by atoms with E-state index in [-0.39, 0.29) is 0 Å². The van der Waals surface area contributed by atoms with E-state index in [0.29, 0.717) is 29.8 Å². The van der Waals surface area contributed by atoms with Gasteiger partial charge in [0.1, 0.15) is 0 Å². The van der Waals surface area contributed by atoms with Gasteiger partial charge in [0.2, 0.25) is 5.91 Å². The standard InChI is InChI=1S/C21H20N6O2/c1-13-11-16-15(18(22)28)9-6-10-17(16)27(13)21-24-19(20(29-2)25-26-21)23-12-14-7-4-3-5-8-14/h3-11H,12H2,1-2H3,(H2,22,28)(H,23,24,26). The molecule has 146 valence electrons. The number of rotatable bonds is 6. The minimum atomic E-state index is -0.480. The molecule has 2 aromatic heterocycles. The molecule has 3 N–H and O–H groups in total. The quantitative estimate of drug-likeness (QED) is 0.526. The van der Waals surface area contributed by atoms with Crippen molar-refractivity contribution in [1.29, 1.82) is 0 Å². The highest BCUT2D eigenvalue weighted by Gasteiger charge is 2.17. The van der Waals surface area contributed by atoms with Gasteiger partial charge in [0.05, 0.1) is 12.6 Å². The summed E-state index contributed by atoms with van der Waals surface area (Å²) in [6, 6.07) is 17.2. The number of aryl methyl sites for hydroxylation is 1. The van der Waals surface area contributed by atoms with Crippen molar-refractivity contribution in [2.75, 3.05) is 12.4 Å². The number of nitrogens with zero attached hydrogens (tertiary/aromatic N) is 4. The average molecular weight is 388 g/mol. The SMILES string of the molecule is COc1nnc(-n2c(C)cc3c(C(N)=O)cccc32)nc1NCc1ccccc1. The zero-order chi connectivity index (χ0) is 20.4. The Morgan fingerprint density at radius 3 is 2.66 bits per heavy atom. The molecule has 0 saturated carbocycles. The molecular weight excluding hydrogens is 368 g/mol. The Kier molecular flexibility index (Phi) is 4.82. The molecule has 0 aliphatic carbocycles.